The molecule has 0 atom stereocenters. The molecule has 0 aliphatic carbocycles. The monoisotopic (exact) mass is 315 g/mol. The first-order valence-electron chi connectivity index (χ1n) is 6.43. The molecule has 1 aromatic carbocycles. The summed E-state index contributed by atoms with van der Waals surface area (Å²) in [5.74, 6) is 0.586. The summed E-state index contributed by atoms with van der Waals surface area (Å²) in [5, 5.41) is 9.40. The number of aliphatic hydroxyl groups is 1. The van der Waals surface area contributed by atoms with Gasteiger partial charge in [0, 0.05) is 24.7 Å². The standard InChI is InChI=1S/C14H21NO5S/c1-5-7-15(6-2)21(17,18)12-8-11(10-16)14(20-4)13(9-12)19-3/h5,8-9,16H,1,6-7,10H2,2-4H3. The molecule has 0 fully saturated rings. The second kappa shape index (κ2) is 7.44. The Morgan fingerprint density at radius 2 is 2.00 bits per heavy atom. The van der Waals surface area contributed by atoms with Crippen LogP contribution in [0.5, 0.6) is 11.5 Å². The van der Waals surface area contributed by atoms with Crippen LogP contribution in [0.2, 0.25) is 0 Å². The van der Waals surface area contributed by atoms with E-state index in [4.69, 9.17) is 9.47 Å². The Labute approximate surface area is 125 Å². The van der Waals surface area contributed by atoms with Crippen molar-refractivity contribution < 1.29 is 23.0 Å². The zero-order chi connectivity index (χ0) is 16.0. The van der Waals surface area contributed by atoms with E-state index in [0.717, 1.165) is 0 Å². The Morgan fingerprint density at radius 3 is 2.43 bits per heavy atom. The summed E-state index contributed by atoms with van der Waals surface area (Å²) in [5.41, 5.74) is 0.352. The second-order valence-corrected chi connectivity index (χ2v) is 6.16. The molecule has 21 heavy (non-hydrogen) atoms. The van der Waals surface area contributed by atoms with Crippen LogP contribution < -0.4 is 9.47 Å². The summed E-state index contributed by atoms with van der Waals surface area (Å²) < 4.78 is 36.8. The summed E-state index contributed by atoms with van der Waals surface area (Å²) in [6.45, 7) is 5.48. The average molecular weight is 315 g/mol. The number of hydrogen-bond donors (Lipinski definition) is 1. The van der Waals surface area contributed by atoms with E-state index in [1.165, 1.54) is 36.7 Å². The molecule has 0 radical (unpaired) electrons. The van der Waals surface area contributed by atoms with Crippen molar-refractivity contribution in [2.75, 3.05) is 27.3 Å². The van der Waals surface area contributed by atoms with Crippen molar-refractivity contribution in [3.05, 3.63) is 30.4 Å². The number of hydrogen-bond acceptors (Lipinski definition) is 5. The molecule has 1 N–H and O–H groups in total. The van der Waals surface area contributed by atoms with Gasteiger partial charge in [0.05, 0.1) is 25.7 Å². The highest BCUT2D eigenvalue weighted by Gasteiger charge is 2.25. The third-order valence-electron chi connectivity index (χ3n) is 3.02. The van der Waals surface area contributed by atoms with Crippen molar-refractivity contribution in [2.45, 2.75) is 18.4 Å². The molecule has 0 saturated heterocycles. The molecule has 0 aliphatic rings. The van der Waals surface area contributed by atoms with Crippen molar-refractivity contribution in [1.82, 2.24) is 4.31 Å². The van der Waals surface area contributed by atoms with Gasteiger partial charge in [-0.15, -0.1) is 6.58 Å². The SMILES string of the molecule is C=CCN(CC)S(=O)(=O)c1cc(CO)c(OC)c(OC)c1. The molecule has 7 heteroatoms. The molecule has 0 amide bonds. The Bertz CT molecular complexity index is 572. The van der Waals surface area contributed by atoms with E-state index in [2.05, 4.69) is 6.58 Å². The maximum Gasteiger partial charge on any atom is 0.243 e. The molecule has 6 nitrogen and oxygen atoms in total. The second-order valence-electron chi connectivity index (χ2n) is 4.22. The lowest BCUT2D eigenvalue weighted by molar-refractivity contribution is 0.269. The fraction of sp³-hybridized carbons (Fsp3) is 0.429. The van der Waals surface area contributed by atoms with Crippen LogP contribution in [0.15, 0.2) is 29.7 Å². The van der Waals surface area contributed by atoms with Gasteiger partial charge in [-0.25, -0.2) is 8.42 Å². The lowest BCUT2D eigenvalue weighted by Gasteiger charge is -2.20. The Morgan fingerprint density at radius 1 is 1.33 bits per heavy atom. The number of nitrogens with zero attached hydrogens (tertiary/aromatic N) is 1. The van der Waals surface area contributed by atoms with Gasteiger partial charge in [0.1, 0.15) is 0 Å². The maximum absolute atomic E-state index is 12.6. The van der Waals surface area contributed by atoms with Crippen LogP contribution in [0.4, 0.5) is 0 Å². The van der Waals surface area contributed by atoms with E-state index < -0.39 is 10.0 Å². The van der Waals surface area contributed by atoms with Crippen LogP contribution in [0, 0.1) is 0 Å². The van der Waals surface area contributed by atoms with E-state index in [-0.39, 0.29) is 23.8 Å². The van der Waals surface area contributed by atoms with Gasteiger partial charge >= 0.3 is 0 Å². The highest BCUT2D eigenvalue weighted by atomic mass is 32.2. The lowest BCUT2D eigenvalue weighted by Crippen LogP contribution is -2.31. The first-order chi connectivity index (χ1) is 9.95. The molecule has 1 aromatic rings. The van der Waals surface area contributed by atoms with Gasteiger partial charge in [-0.2, -0.15) is 4.31 Å². The average Bonchev–Trinajstić information content (AvgIpc) is 2.50. The molecule has 1 rings (SSSR count). The molecular formula is C14H21NO5S. The minimum absolute atomic E-state index is 0.0490. The molecular weight excluding hydrogens is 294 g/mol. The topological polar surface area (TPSA) is 76.1 Å². The molecule has 0 aliphatic heterocycles. The number of aliphatic hydroxyl groups excluding tert-OH is 1. The third-order valence-corrected chi connectivity index (χ3v) is 4.94. The highest BCUT2D eigenvalue weighted by Crippen LogP contribution is 2.35. The molecule has 0 aromatic heterocycles. The van der Waals surface area contributed by atoms with Gasteiger partial charge < -0.3 is 14.6 Å². The van der Waals surface area contributed by atoms with Gasteiger partial charge in [0.15, 0.2) is 11.5 Å². The lowest BCUT2D eigenvalue weighted by atomic mass is 10.2. The van der Waals surface area contributed by atoms with Crippen LogP contribution >= 0.6 is 0 Å². The van der Waals surface area contributed by atoms with Crippen molar-refractivity contribution in [2.24, 2.45) is 0 Å². The number of rotatable bonds is 8. The Kier molecular flexibility index (Phi) is 6.19. The molecule has 0 saturated carbocycles. The minimum Gasteiger partial charge on any atom is -0.493 e. The number of sulfonamides is 1. The van der Waals surface area contributed by atoms with Gasteiger partial charge in [-0.3, -0.25) is 0 Å². The Balaban J connectivity index is 3.45. The van der Waals surface area contributed by atoms with Gasteiger partial charge in [0.2, 0.25) is 10.0 Å². The number of benzene rings is 1. The van der Waals surface area contributed by atoms with Gasteiger partial charge in [-0.1, -0.05) is 13.0 Å². The summed E-state index contributed by atoms with van der Waals surface area (Å²) in [7, 11) is -0.843. The van der Waals surface area contributed by atoms with E-state index in [9.17, 15) is 13.5 Å². The summed E-state index contributed by atoms with van der Waals surface area (Å²) in [6.07, 6.45) is 1.52. The smallest absolute Gasteiger partial charge is 0.243 e. The summed E-state index contributed by atoms with van der Waals surface area (Å²) in [6, 6.07) is 2.78. The zero-order valence-corrected chi connectivity index (χ0v) is 13.3. The maximum atomic E-state index is 12.6. The van der Waals surface area contributed by atoms with Crippen LogP contribution in [0.1, 0.15) is 12.5 Å². The van der Waals surface area contributed by atoms with Crippen LogP contribution in [-0.4, -0.2) is 45.1 Å². The highest BCUT2D eigenvalue weighted by molar-refractivity contribution is 7.89. The molecule has 118 valence electrons. The minimum atomic E-state index is -3.69. The third kappa shape index (κ3) is 3.55. The predicted octanol–water partition coefficient (Wildman–Crippen LogP) is 1.39. The predicted molar refractivity (Wildman–Crippen MR) is 80.1 cm³/mol. The molecule has 0 spiro atoms. The first-order valence-corrected chi connectivity index (χ1v) is 7.87. The number of likely N-dealkylation sites (N-methyl/N-ethyl adjacent to an activating group) is 1. The van der Waals surface area contributed by atoms with Crippen molar-refractivity contribution >= 4 is 10.0 Å². The molecule has 0 unspecified atom stereocenters. The van der Waals surface area contributed by atoms with E-state index in [1.807, 2.05) is 0 Å². The van der Waals surface area contributed by atoms with Gasteiger partial charge in [-0.05, 0) is 6.07 Å². The zero-order valence-electron chi connectivity index (χ0n) is 12.5. The van der Waals surface area contributed by atoms with E-state index >= 15 is 0 Å². The van der Waals surface area contributed by atoms with Crippen LogP contribution in [-0.2, 0) is 16.6 Å². The Hall–Kier alpha value is -1.57. The van der Waals surface area contributed by atoms with Crippen molar-refractivity contribution in [3.63, 3.8) is 0 Å². The number of ether oxygens (including phenoxy) is 2. The summed E-state index contributed by atoms with van der Waals surface area (Å²) in [4.78, 5) is 0.0490. The fourth-order valence-corrected chi connectivity index (χ4v) is 3.46. The van der Waals surface area contributed by atoms with E-state index in [0.29, 0.717) is 17.9 Å². The molecule has 0 bridgehead atoms. The normalized spacial score (nSPS) is 11.5. The number of methoxy groups -OCH3 is 2. The van der Waals surface area contributed by atoms with Gasteiger partial charge in [0.25, 0.3) is 0 Å². The first kappa shape index (κ1) is 17.5. The van der Waals surface area contributed by atoms with E-state index in [1.54, 1.807) is 6.92 Å². The molecule has 0 heterocycles. The fourth-order valence-electron chi connectivity index (χ4n) is 1.97. The van der Waals surface area contributed by atoms with Crippen molar-refractivity contribution in [3.8, 4) is 11.5 Å². The van der Waals surface area contributed by atoms with Crippen LogP contribution in [0.25, 0.3) is 0 Å². The van der Waals surface area contributed by atoms with Crippen molar-refractivity contribution in [1.29, 1.82) is 0 Å². The largest absolute Gasteiger partial charge is 0.493 e. The summed E-state index contributed by atoms with van der Waals surface area (Å²) >= 11 is 0. The quantitative estimate of drug-likeness (QED) is 0.734. The van der Waals surface area contributed by atoms with Crippen LogP contribution in [0.3, 0.4) is 0 Å².